The monoisotopic (exact) mass is 366 g/mol. The van der Waals surface area contributed by atoms with E-state index in [4.69, 9.17) is 0 Å². The van der Waals surface area contributed by atoms with E-state index in [2.05, 4.69) is 41.0 Å². The minimum Gasteiger partial charge on any atom is -0.325 e. The Kier molecular flexibility index (Phi) is 5.46. The van der Waals surface area contributed by atoms with Crippen LogP contribution in [0.15, 0.2) is 103 Å². The molecule has 0 fully saturated rings. The molecule has 0 saturated heterocycles. The van der Waals surface area contributed by atoms with Gasteiger partial charge in [-0.3, -0.25) is 10.1 Å². The maximum atomic E-state index is 12.5. The van der Waals surface area contributed by atoms with E-state index in [1.54, 1.807) is 0 Å². The third-order valence-corrected chi connectivity index (χ3v) is 4.77. The van der Waals surface area contributed by atoms with Crippen LogP contribution in [0.1, 0.15) is 17.2 Å². The first-order valence-corrected chi connectivity index (χ1v) is 9.41. The molecule has 2 N–H and O–H groups in total. The summed E-state index contributed by atoms with van der Waals surface area (Å²) < 4.78 is 0. The van der Waals surface area contributed by atoms with Gasteiger partial charge in [-0.2, -0.15) is 0 Å². The summed E-state index contributed by atoms with van der Waals surface area (Å²) in [7, 11) is 0. The fraction of sp³-hybridized carbons (Fsp3) is 0.0800. The van der Waals surface area contributed by atoms with E-state index in [-0.39, 0.29) is 18.5 Å². The highest BCUT2D eigenvalue weighted by Gasteiger charge is 2.14. The molecule has 3 heteroatoms. The zero-order valence-electron chi connectivity index (χ0n) is 15.5. The van der Waals surface area contributed by atoms with Crippen LogP contribution in [0.25, 0.3) is 10.8 Å². The Morgan fingerprint density at radius 1 is 0.679 bits per heavy atom. The van der Waals surface area contributed by atoms with E-state index in [0.29, 0.717) is 0 Å². The van der Waals surface area contributed by atoms with Crippen molar-refractivity contribution in [2.75, 3.05) is 11.9 Å². The van der Waals surface area contributed by atoms with Crippen molar-refractivity contribution in [3.8, 4) is 0 Å². The van der Waals surface area contributed by atoms with Gasteiger partial charge in [-0.1, -0.05) is 91.0 Å². The van der Waals surface area contributed by atoms with Crippen LogP contribution in [-0.2, 0) is 4.79 Å². The Hall–Kier alpha value is -3.43. The van der Waals surface area contributed by atoms with Gasteiger partial charge >= 0.3 is 0 Å². The molecule has 0 radical (unpaired) electrons. The predicted octanol–water partition coefficient (Wildman–Crippen LogP) is 5.16. The molecule has 0 atom stereocenters. The molecule has 0 aliphatic rings. The number of hydrogen-bond donors (Lipinski definition) is 2. The molecule has 138 valence electrons. The number of fused-ring (bicyclic) bond motifs is 1. The third kappa shape index (κ3) is 4.27. The number of carbonyl (C=O) groups excluding carboxylic acids is 1. The van der Waals surface area contributed by atoms with E-state index in [1.807, 2.05) is 72.8 Å². The summed E-state index contributed by atoms with van der Waals surface area (Å²) in [5, 5.41) is 8.66. The second-order valence-corrected chi connectivity index (χ2v) is 6.75. The fourth-order valence-electron chi connectivity index (χ4n) is 3.39. The molecule has 0 aromatic heterocycles. The minimum absolute atomic E-state index is 0.0373. The maximum absolute atomic E-state index is 12.5. The standard InChI is InChI=1S/C25H22N2O/c28-24(27-23-16-15-19-9-7-8-14-22(19)17-23)18-26-25(20-10-3-1-4-11-20)21-12-5-2-6-13-21/h1-17,25-26H,18H2,(H,27,28). The molecule has 0 spiro atoms. The Morgan fingerprint density at radius 2 is 1.25 bits per heavy atom. The average molecular weight is 366 g/mol. The van der Waals surface area contributed by atoms with Crippen LogP contribution < -0.4 is 10.6 Å². The summed E-state index contributed by atoms with van der Waals surface area (Å²) >= 11 is 0. The van der Waals surface area contributed by atoms with Crippen molar-refractivity contribution in [2.45, 2.75) is 6.04 Å². The van der Waals surface area contributed by atoms with Crippen LogP contribution in [0.2, 0.25) is 0 Å². The van der Waals surface area contributed by atoms with Gasteiger partial charge in [0.1, 0.15) is 0 Å². The van der Waals surface area contributed by atoms with Crippen molar-refractivity contribution >= 4 is 22.4 Å². The van der Waals surface area contributed by atoms with E-state index in [9.17, 15) is 4.79 Å². The number of anilines is 1. The highest BCUT2D eigenvalue weighted by Crippen LogP contribution is 2.22. The molecule has 3 nitrogen and oxygen atoms in total. The first-order chi connectivity index (χ1) is 13.8. The number of amides is 1. The lowest BCUT2D eigenvalue weighted by Crippen LogP contribution is -2.31. The Bertz CT molecular complexity index is 1020. The number of hydrogen-bond acceptors (Lipinski definition) is 2. The third-order valence-electron chi connectivity index (χ3n) is 4.77. The van der Waals surface area contributed by atoms with Gasteiger partial charge in [0.25, 0.3) is 0 Å². The van der Waals surface area contributed by atoms with Crippen LogP contribution in [-0.4, -0.2) is 12.5 Å². The molecule has 4 aromatic carbocycles. The molecule has 28 heavy (non-hydrogen) atoms. The number of carbonyl (C=O) groups is 1. The minimum atomic E-state index is -0.0628. The van der Waals surface area contributed by atoms with Crippen molar-refractivity contribution in [3.05, 3.63) is 114 Å². The molecule has 0 aliphatic carbocycles. The van der Waals surface area contributed by atoms with E-state index in [0.717, 1.165) is 27.6 Å². The van der Waals surface area contributed by atoms with Gasteiger partial charge in [0.2, 0.25) is 5.91 Å². The van der Waals surface area contributed by atoms with Gasteiger partial charge < -0.3 is 5.32 Å². The second-order valence-electron chi connectivity index (χ2n) is 6.75. The zero-order chi connectivity index (χ0) is 19.2. The topological polar surface area (TPSA) is 41.1 Å². The number of benzene rings is 4. The smallest absolute Gasteiger partial charge is 0.238 e. The van der Waals surface area contributed by atoms with Crippen LogP contribution in [0.5, 0.6) is 0 Å². The first kappa shape index (κ1) is 18.0. The highest BCUT2D eigenvalue weighted by molar-refractivity contribution is 5.95. The van der Waals surface area contributed by atoms with Gasteiger partial charge in [-0.25, -0.2) is 0 Å². The normalized spacial score (nSPS) is 10.9. The van der Waals surface area contributed by atoms with Crippen LogP contribution >= 0.6 is 0 Å². The highest BCUT2D eigenvalue weighted by atomic mass is 16.1. The van der Waals surface area contributed by atoms with Gasteiger partial charge in [0, 0.05) is 5.69 Å². The summed E-state index contributed by atoms with van der Waals surface area (Å²) in [6.07, 6.45) is 0. The second kappa shape index (κ2) is 8.51. The summed E-state index contributed by atoms with van der Waals surface area (Å²) in [6, 6.07) is 34.4. The molecule has 1 amide bonds. The van der Waals surface area contributed by atoms with Crippen LogP contribution in [0, 0.1) is 0 Å². The van der Waals surface area contributed by atoms with Gasteiger partial charge in [-0.15, -0.1) is 0 Å². The molecule has 4 aromatic rings. The molecule has 0 unspecified atom stereocenters. The molecule has 0 bridgehead atoms. The average Bonchev–Trinajstić information content (AvgIpc) is 2.75. The fourth-order valence-corrected chi connectivity index (χ4v) is 3.39. The lowest BCUT2D eigenvalue weighted by molar-refractivity contribution is -0.115. The Balaban J connectivity index is 1.46. The van der Waals surface area contributed by atoms with Crippen molar-refractivity contribution < 1.29 is 4.79 Å². The Morgan fingerprint density at radius 3 is 1.89 bits per heavy atom. The molecule has 0 saturated carbocycles. The summed E-state index contributed by atoms with van der Waals surface area (Å²) in [5.41, 5.74) is 3.07. The molecular formula is C25H22N2O. The summed E-state index contributed by atoms with van der Waals surface area (Å²) in [5.74, 6) is -0.0628. The predicted molar refractivity (Wildman–Crippen MR) is 115 cm³/mol. The van der Waals surface area contributed by atoms with Crippen molar-refractivity contribution in [2.24, 2.45) is 0 Å². The lowest BCUT2D eigenvalue weighted by Gasteiger charge is -2.19. The summed E-state index contributed by atoms with van der Waals surface area (Å²) in [6.45, 7) is 0.223. The van der Waals surface area contributed by atoms with Gasteiger partial charge in [0.15, 0.2) is 0 Å². The SMILES string of the molecule is O=C(CNC(c1ccccc1)c1ccccc1)Nc1ccc2ccccc2c1. The Labute approximate surface area is 165 Å². The van der Waals surface area contributed by atoms with E-state index < -0.39 is 0 Å². The maximum Gasteiger partial charge on any atom is 0.238 e. The first-order valence-electron chi connectivity index (χ1n) is 9.41. The molecule has 0 heterocycles. The van der Waals surface area contributed by atoms with Crippen LogP contribution in [0.4, 0.5) is 5.69 Å². The van der Waals surface area contributed by atoms with E-state index >= 15 is 0 Å². The number of rotatable bonds is 6. The number of nitrogens with one attached hydrogen (secondary N) is 2. The molecule has 4 rings (SSSR count). The molecular weight excluding hydrogens is 344 g/mol. The van der Waals surface area contributed by atoms with Crippen LogP contribution in [0.3, 0.4) is 0 Å². The quantitative estimate of drug-likeness (QED) is 0.495. The zero-order valence-corrected chi connectivity index (χ0v) is 15.5. The van der Waals surface area contributed by atoms with Crippen molar-refractivity contribution in [3.63, 3.8) is 0 Å². The van der Waals surface area contributed by atoms with Gasteiger partial charge in [-0.05, 0) is 34.0 Å². The van der Waals surface area contributed by atoms with Gasteiger partial charge in [0.05, 0.1) is 12.6 Å². The molecule has 0 aliphatic heterocycles. The van der Waals surface area contributed by atoms with E-state index in [1.165, 1.54) is 0 Å². The van der Waals surface area contributed by atoms with Crippen molar-refractivity contribution in [1.82, 2.24) is 5.32 Å². The summed E-state index contributed by atoms with van der Waals surface area (Å²) in [4.78, 5) is 12.5. The lowest BCUT2D eigenvalue weighted by atomic mass is 9.99. The largest absolute Gasteiger partial charge is 0.325 e. The van der Waals surface area contributed by atoms with Crippen molar-refractivity contribution in [1.29, 1.82) is 0 Å².